The Bertz CT molecular complexity index is 97.8. The van der Waals surface area contributed by atoms with Crippen molar-refractivity contribution in [3.05, 3.63) is 0 Å². The highest BCUT2D eigenvalue weighted by molar-refractivity contribution is 5.79. The maximum Gasteiger partial charge on any atom is 0.148 e. The Morgan fingerprint density at radius 1 is 1.88 bits per heavy atom. The maximum absolute atomic E-state index is 10.1. The number of hydrogen-bond acceptors (Lipinski definition) is 3. The fourth-order valence-corrected chi connectivity index (χ4v) is 0.343. The number of rotatable bonds is 3. The van der Waals surface area contributed by atoms with Crippen LogP contribution in [0.4, 0.5) is 0 Å². The van der Waals surface area contributed by atoms with E-state index in [0.717, 1.165) is 0 Å². The summed E-state index contributed by atoms with van der Waals surface area (Å²) < 4.78 is 0. The summed E-state index contributed by atoms with van der Waals surface area (Å²) in [5, 5.41) is 8.44. The first-order valence-corrected chi connectivity index (χ1v) is 2.29. The van der Waals surface area contributed by atoms with Crippen LogP contribution in [0.15, 0.2) is 0 Å². The van der Waals surface area contributed by atoms with E-state index in [-0.39, 0.29) is 12.2 Å². The minimum Gasteiger partial charge on any atom is -0.385 e. The topological polar surface area (TPSA) is 54.4 Å². The zero-order valence-electron chi connectivity index (χ0n) is 4.63. The molecule has 0 aliphatic carbocycles. The fraction of sp³-hybridized carbons (Fsp3) is 0.600. The zero-order valence-corrected chi connectivity index (χ0v) is 4.63. The second-order valence-electron chi connectivity index (χ2n) is 1.61. The lowest BCUT2D eigenvalue weighted by atomic mass is 10.2. The molecule has 0 rings (SSSR count). The van der Waals surface area contributed by atoms with Crippen LogP contribution in [0.2, 0.25) is 0 Å². The van der Waals surface area contributed by atoms with Crippen molar-refractivity contribution in [2.24, 2.45) is 0 Å². The first kappa shape index (κ1) is 7.30. The lowest BCUT2D eigenvalue weighted by molar-refractivity contribution is -0.123. The van der Waals surface area contributed by atoms with Crippen molar-refractivity contribution in [2.45, 2.75) is 19.4 Å². The van der Waals surface area contributed by atoms with Crippen LogP contribution < -0.4 is 0 Å². The van der Waals surface area contributed by atoms with Gasteiger partial charge in [0.15, 0.2) is 0 Å². The summed E-state index contributed by atoms with van der Waals surface area (Å²) in [6.45, 7) is 1.33. The van der Waals surface area contributed by atoms with Crippen molar-refractivity contribution < 1.29 is 14.7 Å². The maximum atomic E-state index is 10.1. The molecule has 0 heterocycles. The van der Waals surface area contributed by atoms with Crippen LogP contribution in [0.25, 0.3) is 0 Å². The van der Waals surface area contributed by atoms with E-state index in [1.807, 2.05) is 0 Å². The number of Topliss-reactive ketones (excluding diaryl/α,β-unsaturated/α-hetero) is 1. The van der Waals surface area contributed by atoms with Gasteiger partial charge in [-0.2, -0.15) is 0 Å². The van der Waals surface area contributed by atoms with E-state index in [9.17, 15) is 9.59 Å². The average Bonchev–Trinajstić information content (AvgIpc) is 1.65. The number of ketones is 1. The quantitative estimate of drug-likeness (QED) is 0.507. The number of aldehydes is 1. The number of carbonyl (C=O) groups is 2. The summed E-state index contributed by atoms with van der Waals surface area (Å²) in [6.07, 6.45) is -0.822. The van der Waals surface area contributed by atoms with E-state index >= 15 is 0 Å². The molecule has 0 spiro atoms. The van der Waals surface area contributed by atoms with Crippen LogP contribution in [-0.4, -0.2) is 23.3 Å². The van der Waals surface area contributed by atoms with Crippen molar-refractivity contribution in [2.75, 3.05) is 0 Å². The normalized spacial score (nSPS) is 12.8. The Morgan fingerprint density at radius 2 is 2.38 bits per heavy atom. The first-order valence-electron chi connectivity index (χ1n) is 2.29. The van der Waals surface area contributed by atoms with Crippen LogP contribution >= 0.6 is 0 Å². The molecule has 0 aromatic carbocycles. The Hall–Kier alpha value is -0.700. The molecule has 0 aromatic rings. The van der Waals surface area contributed by atoms with Gasteiger partial charge in [-0.15, -0.1) is 0 Å². The molecule has 8 heavy (non-hydrogen) atoms. The van der Waals surface area contributed by atoms with Crippen LogP contribution in [-0.2, 0) is 9.59 Å². The van der Waals surface area contributed by atoms with Gasteiger partial charge in [-0.25, -0.2) is 0 Å². The zero-order chi connectivity index (χ0) is 6.57. The van der Waals surface area contributed by atoms with E-state index in [1.54, 1.807) is 0 Å². The molecular weight excluding hydrogens is 108 g/mol. The third-order valence-corrected chi connectivity index (χ3v) is 0.654. The highest BCUT2D eigenvalue weighted by Gasteiger charge is 2.02. The van der Waals surface area contributed by atoms with Gasteiger partial charge in [-0.3, -0.25) is 4.79 Å². The smallest absolute Gasteiger partial charge is 0.148 e. The van der Waals surface area contributed by atoms with Crippen molar-refractivity contribution in [3.8, 4) is 0 Å². The lowest BCUT2D eigenvalue weighted by Crippen LogP contribution is -2.11. The van der Waals surface area contributed by atoms with E-state index < -0.39 is 6.10 Å². The van der Waals surface area contributed by atoms with Crippen LogP contribution in [0.3, 0.4) is 0 Å². The van der Waals surface area contributed by atoms with Gasteiger partial charge in [0.2, 0.25) is 0 Å². The van der Waals surface area contributed by atoms with Gasteiger partial charge in [0.25, 0.3) is 0 Å². The monoisotopic (exact) mass is 116 g/mol. The second kappa shape index (κ2) is 3.32. The number of aliphatic hydroxyl groups is 1. The fourth-order valence-electron chi connectivity index (χ4n) is 0.343. The summed E-state index contributed by atoms with van der Waals surface area (Å²) in [4.78, 5) is 19.7. The van der Waals surface area contributed by atoms with Gasteiger partial charge < -0.3 is 9.90 Å². The van der Waals surface area contributed by atoms with Crippen molar-refractivity contribution in [1.29, 1.82) is 0 Å². The number of hydrogen-bond donors (Lipinski definition) is 1. The van der Waals surface area contributed by atoms with Gasteiger partial charge in [0.1, 0.15) is 18.2 Å². The van der Waals surface area contributed by atoms with E-state index in [2.05, 4.69) is 0 Å². The molecule has 0 aliphatic rings. The number of carbonyl (C=O) groups excluding carboxylic acids is 2. The van der Waals surface area contributed by atoms with Gasteiger partial charge in [0, 0.05) is 6.42 Å². The molecule has 1 atom stereocenters. The second-order valence-corrected chi connectivity index (χ2v) is 1.61. The third kappa shape index (κ3) is 3.49. The Morgan fingerprint density at radius 3 is 2.50 bits per heavy atom. The molecule has 3 heteroatoms. The largest absolute Gasteiger partial charge is 0.385 e. The minimum atomic E-state index is -1.10. The summed E-state index contributed by atoms with van der Waals surface area (Å²) >= 11 is 0. The molecule has 0 saturated heterocycles. The summed E-state index contributed by atoms with van der Waals surface area (Å²) in [5.41, 5.74) is 0. The molecule has 0 fully saturated rings. The van der Waals surface area contributed by atoms with E-state index in [4.69, 9.17) is 5.11 Å². The van der Waals surface area contributed by atoms with Gasteiger partial charge in [-0.05, 0) is 6.92 Å². The molecule has 1 unspecified atom stereocenters. The molecule has 0 aliphatic heterocycles. The number of aliphatic hydroxyl groups excluding tert-OH is 1. The molecular formula is C5H8O3. The SMILES string of the molecule is CC(=O)CC(O)C=O. The highest BCUT2D eigenvalue weighted by Crippen LogP contribution is 1.86. The standard InChI is InChI=1S/C5H8O3/c1-4(7)2-5(8)3-6/h3,5,8H,2H2,1H3. The predicted octanol–water partition coefficient (Wildman–Crippen LogP) is -0.475. The van der Waals surface area contributed by atoms with Crippen LogP contribution in [0, 0.1) is 0 Å². The Kier molecular flexibility index (Phi) is 3.03. The Balaban J connectivity index is 3.38. The van der Waals surface area contributed by atoms with Crippen LogP contribution in [0.1, 0.15) is 13.3 Å². The third-order valence-electron chi connectivity index (χ3n) is 0.654. The van der Waals surface area contributed by atoms with Gasteiger partial charge in [0.05, 0.1) is 0 Å². The van der Waals surface area contributed by atoms with Gasteiger partial charge in [-0.1, -0.05) is 0 Å². The van der Waals surface area contributed by atoms with Crippen molar-refractivity contribution >= 4 is 12.1 Å². The summed E-state index contributed by atoms with van der Waals surface area (Å²) in [6, 6.07) is 0. The van der Waals surface area contributed by atoms with Gasteiger partial charge >= 0.3 is 0 Å². The molecule has 0 saturated carbocycles. The predicted molar refractivity (Wildman–Crippen MR) is 27.4 cm³/mol. The summed E-state index contributed by atoms with van der Waals surface area (Å²) in [5.74, 6) is -0.176. The lowest BCUT2D eigenvalue weighted by Gasteiger charge is -1.94. The first-order chi connectivity index (χ1) is 3.66. The molecule has 0 aromatic heterocycles. The molecule has 46 valence electrons. The van der Waals surface area contributed by atoms with Crippen LogP contribution in [0.5, 0.6) is 0 Å². The average molecular weight is 116 g/mol. The van der Waals surface area contributed by atoms with Crippen molar-refractivity contribution in [3.63, 3.8) is 0 Å². The minimum absolute atomic E-state index is 0.0660. The molecule has 0 bridgehead atoms. The van der Waals surface area contributed by atoms with Crippen molar-refractivity contribution in [1.82, 2.24) is 0 Å². The highest BCUT2D eigenvalue weighted by atomic mass is 16.3. The summed E-state index contributed by atoms with van der Waals surface area (Å²) in [7, 11) is 0. The molecule has 3 nitrogen and oxygen atoms in total. The van der Waals surface area contributed by atoms with E-state index in [1.165, 1.54) is 6.92 Å². The molecule has 0 radical (unpaired) electrons. The van der Waals surface area contributed by atoms with E-state index in [0.29, 0.717) is 6.29 Å². The Labute approximate surface area is 47.3 Å². The molecule has 1 N–H and O–H groups in total. The molecule has 0 amide bonds.